The Morgan fingerprint density at radius 3 is 2.33 bits per heavy atom. The van der Waals surface area contributed by atoms with Gasteiger partial charge in [0, 0.05) is 10.9 Å². The summed E-state index contributed by atoms with van der Waals surface area (Å²) in [6.07, 6.45) is -5.83. The highest BCUT2D eigenvalue weighted by Crippen LogP contribution is 2.30. The zero-order chi connectivity index (χ0) is 16.2. The summed E-state index contributed by atoms with van der Waals surface area (Å²) in [6, 6.07) is 3.40. The number of hydrogen-bond donors (Lipinski definition) is 0. The molecule has 0 amide bonds. The van der Waals surface area contributed by atoms with E-state index in [9.17, 15) is 27.6 Å². The minimum atomic E-state index is -4.97. The summed E-state index contributed by atoms with van der Waals surface area (Å²) >= 11 is 2.96. The first-order valence-electron chi connectivity index (χ1n) is 5.78. The number of halogens is 4. The van der Waals surface area contributed by atoms with Crippen LogP contribution in [0.2, 0.25) is 0 Å². The van der Waals surface area contributed by atoms with E-state index in [-0.39, 0.29) is 10.9 Å². The summed E-state index contributed by atoms with van der Waals surface area (Å²) in [5.41, 5.74) is -0.409. The number of carbonyl (C=O) groups excluding carboxylic acids is 3. The van der Waals surface area contributed by atoms with E-state index in [2.05, 4.69) is 20.7 Å². The maximum Gasteiger partial charge on any atom is 0.573 e. The van der Waals surface area contributed by atoms with E-state index in [1.54, 1.807) is 0 Å². The van der Waals surface area contributed by atoms with Gasteiger partial charge < -0.3 is 4.74 Å². The Kier molecular flexibility index (Phi) is 5.65. The fourth-order valence-corrected chi connectivity index (χ4v) is 1.81. The first kappa shape index (κ1) is 17.4. The minimum absolute atomic E-state index is 0.0711. The molecule has 0 spiro atoms. The van der Waals surface area contributed by atoms with Crippen molar-refractivity contribution in [3.8, 4) is 5.75 Å². The molecule has 21 heavy (non-hydrogen) atoms. The minimum Gasteiger partial charge on any atom is -0.405 e. The summed E-state index contributed by atoms with van der Waals surface area (Å²) < 4.78 is 40.9. The summed E-state index contributed by atoms with van der Waals surface area (Å²) in [4.78, 5) is 34.4. The third-order valence-electron chi connectivity index (χ3n) is 2.42. The van der Waals surface area contributed by atoms with Crippen LogP contribution in [0.5, 0.6) is 5.75 Å². The molecular formula is C13H10BrF3O4. The first-order chi connectivity index (χ1) is 9.64. The Morgan fingerprint density at radius 2 is 1.81 bits per heavy atom. The Labute approximate surface area is 126 Å². The van der Waals surface area contributed by atoms with Crippen molar-refractivity contribution in [2.45, 2.75) is 26.1 Å². The predicted octanol–water partition coefficient (Wildman–Crippen LogP) is 3.47. The van der Waals surface area contributed by atoms with Crippen molar-refractivity contribution in [2.75, 3.05) is 0 Å². The van der Waals surface area contributed by atoms with Crippen LogP contribution >= 0.6 is 15.9 Å². The van der Waals surface area contributed by atoms with E-state index >= 15 is 0 Å². The number of ketones is 3. The fourth-order valence-electron chi connectivity index (χ4n) is 1.47. The van der Waals surface area contributed by atoms with E-state index in [0.717, 1.165) is 12.1 Å². The Balaban J connectivity index is 3.04. The van der Waals surface area contributed by atoms with Crippen molar-refractivity contribution < 1.29 is 32.3 Å². The van der Waals surface area contributed by atoms with Crippen LogP contribution in [0.1, 0.15) is 30.1 Å². The highest BCUT2D eigenvalue weighted by atomic mass is 79.9. The molecule has 0 atom stereocenters. The zero-order valence-electron chi connectivity index (χ0n) is 10.8. The number of rotatable bonds is 6. The SMILES string of the molecule is CCC(=O)C(=O)CC(=O)c1ccc(Br)cc1OC(F)(F)F. The van der Waals surface area contributed by atoms with Crippen LogP contribution in [0.3, 0.4) is 0 Å². The van der Waals surface area contributed by atoms with E-state index in [1.165, 1.54) is 13.0 Å². The van der Waals surface area contributed by atoms with Crippen LogP contribution in [0, 0.1) is 0 Å². The molecule has 0 radical (unpaired) electrons. The summed E-state index contributed by atoms with van der Waals surface area (Å²) in [5, 5.41) is 0. The quantitative estimate of drug-likeness (QED) is 0.439. The van der Waals surface area contributed by atoms with E-state index in [0.29, 0.717) is 0 Å². The van der Waals surface area contributed by atoms with Crippen molar-refractivity contribution in [1.29, 1.82) is 0 Å². The summed E-state index contributed by atoms with van der Waals surface area (Å²) in [5.74, 6) is -3.32. The predicted molar refractivity (Wildman–Crippen MR) is 70.1 cm³/mol. The van der Waals surface area contributed by atoms with Crippen LogP contribution < -0.4 is 4.74 Å². The molecule has 0 aliphatic rings. The van der Waals surface area contributed by atoms with Crippen LogP contribution in [-0.2, 0) is 9.59 Å². The van der Waals surface area contributed by atoms with Gasteiger partial charge in [0.25, 0.3) is 0 Å². The third-order valence-corrected chi connectivity index (χ3v) is 2.92. The lowest BCUT2D eigenvalue weighted by Gasteiger charge is -2.12. The van der Waals surface area contributed by atoms with Gasteiger partial charge in [-0.15, -0.1) is 13.2 Å². The molecule has 8 heteroatoms. The van der Waals surface area contributed by atoms with Gasteiger partial charge in [-0.2, -0.15) is 0 Å². The molecule has 0 bridgehead atoms. The number of Topliss-reactive ketones (excluding diaryl/α,β-unsaturated/α-hetero) is 3. The van der Waals surface area contributed by atoms with Gasteiger partial charge in [0.2, 0.25) is 5.78 Å². The third kappa shape index (κ3) is 5.30. The molecule has 0 N–H and O–H groups in total. The van der Waals surface area contributed by atoms with E-state index < -0.39 is 41.4 Å². The van der Waals surface area contributed by atoms with E-state index in [1.807, 2.05) is 0 Å². The Morgan fingerprint density at radius 1 is 1.19 bits per heavy atom. The normalized spacial score (nSPS) is 11.1. The second-order valence-electron chi connectivity index (χ2n) is 3.99. The molecular weight excluding hydrogens is 357 g/mol. The van der Waals surface area contributed by atoms with Crippen molar-refractivity contribution in [2.24, 2.45) is 0 Å². The summed E-state index contributed by atoms with van der Waals surface area (Å²) in [7, 11) is 0. The average Bonchev–Trinajstić information content (AvgIpc) is 2.35. The number of benzene rings is 1. The van der Waals surface area contributed by atoms with Crippen LogP contribution in [0.25, 0.3) is 0 Å². The Hall–Kier alpha value is -1.70. The highest BCUT2D eigenvalue weighted by molar-refractivity contribution is 9.10. The molecule has 0 aliphatic carbocycles. The lowest BCUT2D eigenvalue weighted by molar-refractivity contribution is -0.274. The van der Waals surface area contributed by atoms with Gasteiger partial charge >= 0.3 is 6.36 Å². The van der Waals surface area contributed by atoms with Crippen molar-refractivity contribution in [1.82, 2.24) is 0 Å². The van der Waals surface area contributed by atoms with E-state index in [4.69, 9.17) is 0 Å². The molecule has 1 rings (SSSR count). The van der Waals surface area contributed by atoms with Crippen LogP contribution in [0.15, 0.2) is 22.7 Å². The largest absolute Gasteiger partial charge is 0.573 e. The van der Waals surface area contributed by atoms with Crippen molar-refractivity contribution in [3.05, 3.63) is 28.2 Å². The molecule has 0 heterocycles. The molecule has 0 aliphatic heterocycles. The van der Waals surface area contributed by atoms with Gasteiger partial charge in [0.05, 0.1) is 12.0 Å². The number of alkyl halides is 3. The monoisotopic (exact) mass is 366 g/mol. The standard InChI is InChI=1S/C13H10BrF3O4/c1-2-9(18)11(20)6-10(19)8-4-3-7(14)5-12(8)21-13(15,16)17/h3-5H,2,6H2,1H3. The maximum atomic E-state index is 12.3. The van der Waals surface area contributed by atoms with Gasteiger partial charge in [0.15, 0.2) is 11.6 Å². The molecule has 0 saturated heterocycles. The second-order valence-corrected chi connectivity index (χ2v) is 4.90. The molecule has 4 nitrogen and oxygen atoms in total. The average molecular weight is 367 g/mol. The Bertz CT molecular complexity index is 581. The molecule has 0 aromatic heterocycles. The van der Waals surface area contributed by atoms with Gasteiger partial charge in [0.1, 0.15) is 5.75 Å². The number of hydrogen-bond acceptors (Lipinski definition) is 4. The molecule has 1 aromatic rings. The van der Waals surface area contributed by atoms with Crippen molar-refractivity contribution in [3.63, 3.8) is 0 Å². The maximum absolute atomic E-state index is 12.3. The zero-order valence-corrected chi connectivity index (χ0v) is 12.4. The first-order valence-corrected chi connectivity index (χ1v) is 6.58. The van der Waals surface area contributed by atoms with Gasteiger partial charge in [-0.05, 0) is 18.2 Å². The molecule has 0 unspecified atom stereocenters. The number of ether oxygens (including phenoxy) is 1. The highest BCUT2D eigenvalue weighted by Gasteiger charge is 2.33. The molecule has 0 saturated carbocycles. The second kappa shape index (κ2) is 6.84. The molecule has 114 valence electrons. The van der Waals surface area contributed by atoms with Gasteiger partial charge in [-0.3, -0.25) is 14.4 Å². The smallest absolute Gasteiger partial charge is 0.405 e. The van der Waals surface area contributed by atoms with Crippen LogP contribution in [-0.4, -0.2) is 23.7 Å². The fraction of sp³-hybridized carbons (Fsp3) is 0.308. The molecule has 1 aromatic carbocycles. The van der Waals surface area contributed by atoms with Crippen molar-refractivity contribution >= 4 is 33.3 Å². The lowest BCUT2D eigenvalue weighted by atomic mass is 10.0. The number of carbonyl (C=O) groups is 3. The van der Waals surface area contributed by atoms with Gasteiger partial charge in [-0.1, -0.05) is 22.9 Å². The lowest BCUT2D eigenvalue weighted by Crippen LogP contribution is -2.21. The van der Waals surface area contributed by atoms with Crippen LogP contribution in [0.4, 0.5) is 13.2 Å². The summed E-state index contributed by atoms with van der Waals surface area (Å²) in [6.45, 7) is 1.45. The topological polar surface area (TPSA) is 60.4 Å². The molecule has 0 fully saturated rings. The van der Waals surface area contributed by atoms with Gasteiger partial charge in [-0.25, -0.2) is 0 Å².